The second-order valence-electron chi connectivity index (χ2n) is 17.8. The molecule has 1 aliphatic carbocycles. The zero-order valence-corrected chi connectivity index (χ0v) is 40.2. The molecule has 14 heteroatoms. The zero-order valence-electron chi connectivity index (χ0n) is 39.4. The van der Waals surface area contributed by atoms with Crippen LogP contribution in [0.4, 0.5) is 5.13 Å². The van der Waals surface area contributed by atoms with Crippen molar-refractivity contribution in [2.45, 2.75) is 70.5 Å². The van der Waals surface area contributed by atoms with Crippen molar-refractivity contribution in [1.82, 2.24) is 4.98 Å². The molecule has 13 nitrogen and oxygen atoms in total. The Morgan fingerprint density at radius 3 is 2.31 bits per heavy atom. The van der Waals surface area contributed by atoms with E-state index in [-0.39, 0.29) is 36.0 Å². The van der Waals surface area contributed by atoms with E-state index in [2.05, 4.69) is 0 Å². The largest absolute Gasteiger partial charge is 0.508 e. The van der Waals surface area contributed by atoms with E-state index in [9.17, 15) is 19.8 Å². The molecule has 3 aliphatic rings. The molecule has 10 rings (SSSR count). The zero-order chi connectivity index (χ0) is 48.4. The molecule has 0 amide bonds. The molecule has 3 heterocycles. The Kier molecular flexibility index (Phi) is 15.6. The van der Waals surface area contributed by atoms with Gasteiger partial charge in [0.25, 0.3) is 0 Å². The number of methoxy groups -OCH3 is 1. The first-order valence-corrected chi connectivity index (χ1v) is 24.7. The van der Waals surface area contributed by atoms with Crippen molar-refractivity contribution in [3.63, 3.8) is 0 Å². The number of phenols is 1. The van der Waals surface area contributed by atoms with E-state index in [4.69, 9.17) is 38.5 Å². The molecule has 2 aliphatic heterocycles. The van der Waals surface area contributed by atoms with Crippen LogP contribution in [0.15, 0.2) is 120 Å². The number of aliphatic hydroxyl groups excluding tert-OH is 1. The van der Waals surface area contributed by atoms with Gasteiger partial charge >= 0.3 is 11.9 Å². The summed E-state index contributed by atoms with van der Waals surface area (Å²) in [7, 11) is 1.43. The number of carbonyl (C=O) groups is 2. The molecule has 2 saturated heterocycles. The van der Waals surface area contributed by atoms with Gasteiger partial charge < -0.3 is 38.6 Å². The molecule has 3 fully saturated rings. The molecule has 6 aromatic carbocycles. The topological polar surface area (TPSA) is 158 Å². The van der Waals surface area contributed by atoms with Gasteiger partial charge in [0.05, 0.1) is 73.2 Å². The molecule has 0 spiro atoms. The molecule has 7 aromatic rings. The number of unbranched alkanes of at least 4 members (excludes halogenated alkanes) is 1. The fraction of sp³-hybridized carbons (Fsp3) is 0.321. The summed E-state index contributed by atoms with van der Waals surface area (Å²) in [5, 5.41) is 28.6. The van der Waals surface area contributed by atoms with Crippen molar-refractivity contribution in [1.29, 1.82) is 0 Å². The average molecular weight is 964 g/mol. The summed E-state index contributed by atoms with van der Waals surface area (Å²) in [6, 6.07) is 34.7. The highest BCUT2D eigenvalue weighted by Gasteiger charge is 2.41. The number of rotatable bonds is 22. The van der Waals surface area contributed by atoms with Gasteiger partial charge in [0.2, 0.25) is 5.13 Å². The molecule has 362 valence electrons. The van der Waals surface area contributed by atoms with Crippen LogP contribution in [0.25, 0.3) is 21.0 Å². The number of nitrogens with zero attached hydrogens (tertiary/aromatic N) is 3. The first-order valence-electron chi connectivity index (χ1n) is 23.9. The summed E-state index contributed by atoms with van der Waals surface area (Å²) >= 11 is 1.46. The quantitative estimate of drug-likeness (QED) is 0.0218. The van der Waals surface area contributed by atoms with E-state index in [0.717, 1.165) is 83.0 Å². The Morgan fingerprint density at radius 1 is 0.814 bits per heavy atom. The van der Waals surface area contributed by atoms with E-state index in [1.807, 2.05) is 79.7 Å². The number of aryl methyl sites for hydroxylation is 3. The number of hydrogen-bond acceptors (Lipinski definition) is 14. The third-order valence-corrected chi connectivity index (χ3v) is 13.9. The maximum Gasteiger partial charge on any atom is 0.343 e. The molecule has 1 saturated carbocycles. The van der Waals surface area contributed by atoms with Gasteiger partial charge in [-0.3, -0.25) is 0 Å². The fourth-order valence-corrected chi connectivity index (χ4v) is 9.81. The van der Waals surface area contributed by atoms with Crippen LogP contribution in [0.1, 0.15) is 81.5 Å². The Balaban J connectivity index is 0.836. The van der Waals surface area contributed by atoms with Gasteiger partial charge in [0, 0.05) is 30.9 Å². The standard InChI is InChI=1S/C56H57N3O10S/c1-36-28-37(12-21-48(36)61)8-3-4-9-38-13-22-49(44(29-38)34-57-59(24-25-60)56-58-47-10-5-6-11-53(47)70-56)68-55(63)42-18-23-50(52(32-42)64-2)69-54(62)41-15-14-40-31-45(19-16-39(40)30-41)66-27-7-26-65-35-43-17-20-46-33-51(43)67-46/h5-6,10-16,18-19,21-23,28-32,34,43,46,51,60-61H,3-4,7-9,17,20,24-27,33,35H2,1-2H3/b57-34+. The number of para-hydroxylation sites is 1. The normalized spacial score (nSPS) is 16.3. The lowest BCUT2D eigenvalue weighted by atomic mass is 9.80. The molecule has 1 aromatic heterocycles. The number of carbonyl (C=O) groups excluding carboxylic acids is 2. The fourth-order valence-electron chi connectivity index (χ4n) is 8.86. The van der Waals surface area contributed by atoms with Crippen LogP contribution in [0, 0.1) is 12.8 Å². The maximum atomic E-state index is 13.8. The number of benzene rings is 6. The van der Waals surface area contributed by atoms with Gasteiger partial charge in [-0.1, -0.05) is 53.8 Å². The SMILES string of the molecule is COc1cc(C(=O)Oc2ccc(CCCCc3ccc(O)c(C)c3)cc2/C=N/N(CCO)c2nc3ccccc3s2)ccc1OC(=O)c1ccc2cc(OCCCOCC3CCC4CC3O4)ccc2c1. The van der Waals surface area contributed by atoms with E-state index in [0.29, 0.717) is 53.3 Å². The van der Waals surface area contributed by atoms with Gasteiger partial charge in [-0.05, 0) is 146 Å². The van der Waals surface area contributed by atoms with E-state index in [1.165, 1.54) is 55.1 Å². The monoisotopic (exact) mass is 963 g/mol. The molecular weight excluding hydrogens is 907 g/mol. The minimum atomic E-state index is -0.659. The van der Waals surface area contributed by atoms with Gasteiger partial charge in [-0.25, -0.2) is 19.6 Å². The van der Waals surface area contributed by atoms with Gasteiger partial charge in [0.15, 0.2) is 11.5 Å². The van der Waals surface area contributed by atoms with Crippen LogP contribution in [-0.2, 0) is 22.3 Å². The number of anilines is 1. The van der Waals surface area contributed by atoms with Crippen LogP contribution < -0.4 is 24.0 Å². The molecule has 2 N–H and O–H groups in total. The lowest BCUT2D eigenvalue weighted by molar-refractivity contribution is -0.195. The molecule has 0 radical (unpaired) electrons. The van der Waals surface area contributed by atoms with E-state index < -0.39 is 11.9 Å². The number of aromatic nitrogens is 1. The van der Waals surface area contributed by atoms with Crippen LogP contribution in [-0.4, -0.2) is 85.6 Å². The number of hydrazone groups is 1. The first kappa shape index (κ1) is 48.2. The molecule has 3 atom stereocenters. The predicted octanol–water partition coefficient (Wildman–Crippen LogP) is 10.7. The number of ether oxygens (including phenoxy) is 6. The van der Waals surface area contributed by atoms with Crippen molar-refractivity contribution in [2.24, 2.45) is 11.0 Å². The Labute approximate surface area is 411 Å². The number of hydrogen-bond donors (Lipinski definition) is 2. The van der Waals surface area contributed by atoms with Gasteiger partial charge in [-0.15, -0.1) is 0 Å². The number of fused-ring (bicyclic) bond motifs is 4. The van der Waals surface area contributed by atoms with Crippen molar-refractivity contribution < 1.29 is 48.2 Å². The Morgan fingerprint density at radius 2 is 1.54 bits per heavy atom. The van der Waals surface area contributed by atoms with Crippen LogP contribution in [0.3, 0.4) is 0 Å². The number of phenolic OH excluding ortho intramolecular Hbond substituents is 1. The third kappa shape index (κ3) is 11.9. The first-order chi connectivity index (χ1) is 34.2. The lowest BCUT2D eigenvalue weighted by Crippen LogP contribution is -2.48. The van der Waals surface area contributed by atoms with Crippen molar-refractivity contribution in [3.8, 4) is 28.7 Å². The summed E-state index contributed by atoms with van der Waals surface area (Å²) in [6.45, 7) is 3.85. The Bertz CT molecular complexity index is 2950. The highest BCUT2D eigenvalue weighted by atomic mass is 32.1. The van der Waals surface area contributed by atoms with Gasteiger partial charge in [0.1, 0.15) is 17.2 Å². The summed E-state index contributed by atoms with van der Waals surface area (Å²) < 4.78 is 36.2. The summed E-state index contributed by atoms with van der Waals surface area (Å²) in [5.74, 6) is 0.875. The van der Waals surface area contributed by atoms with E-state index >= 15 is 0 Å². The molecule has 3 unspecified atom stereocenters. The van der Waals surface area contributed by atoms with Crippen LogP contribution in [0.2, 0.25) is 0 Å². The third-order valence-electron chi connectivity index (χ3n) is 12.8. The summed E-state index contributed by atoms with van der Waals surface area (Å²) in [4.78, 5) is 32.0. The second kappa shape index (κ2) is 22.7. The van der Waals surface area contributed by atoms with Crippen molar-refractivity contribution in [2.75, 3.05) is 45.1 Å². The minimum absolute atomic E-state index is 0.136. The number of aromatic hydroxyl groups is 1. The van der Waals surface area contributed by atoms with Gasteiger partial charge in [-0.2, -0.15) is 5.10 Å². The number of thiazole rings is 1. The van der Waals surface area contributed by atoms with Crippen molar-refractivity contribution >= 4 is 55.6 Å². The number of esters is 2. The lowest BCUT2D eigenvalue weighted by Gasteiger charge is -2.46. The predicted molar refractivity (Wildman–Crippen MR) is 271 cm³/mol. The van der Waals surface area contributed by atoms with Crippen molar-refractivity contribution in [3.05, 3.63) is 149 Å². The Hall–Kier alpha value is -6.84. The maximum absolute atomic E-state index is 13.8. The summed E-state index contributed by atoms with van der Waals surface area (Å²) in [5.41, 5.74) is 4.95. The van der Waals surface area contributed by atoms with Crippen LogP contribution in [0.5, 0.6) is 28.7 Å². The molecular formula is C56H57N3O10S. The summed E-state index contributed by atoms with van der Waals surface area (Å²) in [6.07, 6.45) is 10.3. The smallest absolute Gasteiger partial charge is 0.343 e. The average Bonchev–Trinajstić information content (AvgIpc) is 3.81. The molecule has 70 heavy (non-hydrogen) atoms. The minimum Gasteiger partial charge on any atom is -0.508 e. The molecule has 2 bridgehead atoms. The van der Waals surface area contributed by atoms with Crippen LogP contribution >= 0.6 is 11.3 Å². The second-order valence-corrected chi connectivity index (χ2v) is 18.8. The van der Waals surface area contributed by atoms with E-state index in [1.54, 1.807) is 35.5 Å². The highest BCUT2D eigenvalue weighted by molar-refractivity contribution is 7.22. The number of aliphatic hydroxyl groups is 1. The highest BCUT2D eigenvalue weighted by Crippen LogP contribution is 2.39.